The lowest BCUT2D eigenvalue weighted by molar-refractivity contribution is 0.102. The SMILES string of the molecule is CCCOc1ccc(Cl)cc1NC(=O)c1cc(N)n[nH]1. The van der Waals surface area contributed by atoms with Crippen molar-refractivity contribution in [3.05, 3.63) is 35.0 Å². The molecule has 4 N–H and O–H groups in total. The Hall–Kier alpha value is -2.21. The number of nitrogens with two attached hydrogens (primary N) is 1. The molecule has 0 unspecified atom stereocenters. The fourth-order valence-corrected chi connectivity index (χ4v) is 1.75. The quantitative estimate of drug-likeness (QED) is 0.790. The molecule has 0 radical (unpaired) electrons. The monoisotopic (exact) mass is 294 g/mol. The fraction of sp³-hybridized carbons (Fsp3) is 0.231. The molecule has 1 aromatic carbocycles. The number of H-pyrrole nitrogens is 1. The van der Waals surface area contributed by atoms with Crippen molar-refractivity contribution in [3.63, 3.8) is 0 Å². The molecule has 0 saturated carbocycles. The molecule has 2 aromatic rings. The van der Waals surface area contributed by atoms with E-state index in [0.29, 0.717) is 23.1 Å². The van der Waals surface area contributed by atoms with Crippen molar-refractivity contribution in [1.82, 2.24) is 10.2 Å². The second kappa shape index (κ2) is 6.29. The number of halogens is 1. The van der Waals surface area contributed by atoms with Crippen molar-refractivity contribution in [2.24, 2.45) is 0 Å². The van der Waals surface area contributed by atoms with E-state index in [1.807, 2.05) is 6.92 Å². The Kier molecular flexibility index (Phi) is 4.47. The van der Waals surface area contributed by atoms with Crippen LogP contribution in [0.4, 0.5) is 11.5 Å². The molecule has 7 heteroatoms. The highest BCUT2D eigenvalue weighted by Crippen LogP contribution is 2.28. The molecule has 0 saturated heterocycles. The van der Waals surface area contributed by atoms with Gasteiger partial charge in [0.15, 0.2) is 0 Å². The van der Waals surface area contributed by atoms with Gasteiger partial charge in [0.05, 0.1) is 12.3 Å². The zero-order valence-corrected chi connectivity index (χ0v) is 11.7. The first-order valence-corrected chi connectivity index (χ1v) is 6.52. The highest BCUT2D eigenvalue weighted by molar-refractivity contribution is 6.31. The molecule has 6 nitrogen and oxygen atoms in total. The van der Waals surface area contributed by atoms with Crippen LogP contribution in [-0.2, 0) is 0 Å². The summed E-state index contributed by atoms with van der Waals surface area (Å²) in [7, 11) is 0. The molecule has 2 rings (SSSR count). The number of nitrogens with zero attached hydrogens (tertiary/aromatic N) is 1. The zero-order chi connectivity index (χ0) is 14.5. The topological polar surface area (TPSA) is 93.0 Å². The highest BCUT2D eigenvalue weighted by Gasteiger charge is 2.12. The van der Waals surface area contributed by atoms with Gasteiger partial charge in [0.25, 0.3) is 5.91 Å². The van der Waals surface area contributed by atoms with E-state index < -0.39 is 0 Å². The summed E-state index contributed by atoms with van der Waals surface area (Å²) >= 11 is 5.94. The molecule has 0 fully saturated rings. The number of carbonyl (C=O) groups is 1. The Balaban J connectivity index is 2.18. The molecule has 1 aromatic heterocycles. The van der Waals surface area contributed by atoms with Crippen LogP contribution >= 0.6 is 11.6 Å². The van der Waals surface area contributed by atoms with Gasteiger partial charge in [0.2, 0.25) is 0 Å². The normalized spacial score (nSPS) is 10.3. The van der Waals surface area contributed by atoms with Crippen molar-refractivity contribution in [1.29, 1.82) is 0 Å². The molecular formula is C13H15ClN4O2. The number of hydrogen-bond donors (Lipinski definition) is 3. The minimum Gasteiger partial charge on any atom is -0.491 e. The molecule has 0 aliphatic carbocycles. The lowest BCUT2D eigenvalue weighted by atomic mass is 10.2. The number of ether oxygens (including phenoxy) is 1. The molecule has 20 heavy (non-hydrogen) atoms. The molecule has 106 valence electrons. The maximum atomic E-state index is 12.0. The van der Waals surface area contributed by atoms with Crippen LogP contribution in [0.2, 0.25) is 5.02 Å². The molecule has 0 bridgehead atoms. The summed E-state index contributed by atoms with van der Waals surface area (Å²) in [6.07, 6.45) is 0.868. The second-order valence-electron chi connectivity index (χ2n) is 4.15. The van der Waals surface area contributed by atoms with Gasteiger partial charge < -0.3 is 15.8 Å². The maximum absolute atomic E-state index is 12.0. The molecule has 1 heterocycles. The minimum absolute atomic E-state index is 0.253. The molecule has 1 amide bonds. The van der Waals surface area contributed by atoms with Crippen molar-refractivity contribution < 1.29 is 9.53 Å². The third-order valence-electron chi connectivity index (χ3n) is 2.49. The number of anilines is 2. The average Bonchev–Trinajstić information content (AvgIpc) is 2.85. The predicted octanol–water partition coefficient (Wildman–Crippen LogP) is 2.69. The number of aromatic nitrogens is 2. The van der Waals surface area contributed by atoms with E-state index in [1.54, 1.807) is 18.2 Å². The van der Waals surface area contributed by atoms with E-state index in [9.17, 15) is 4.79 Å². The first-order valence-electron chi connectivity index (χ1n) is 6.14. The van der Waals surface area contributed by atoms with E-state index in [1.165, 1.54) is 6.07 Å². The zero-order valence-electron chi connectivity index (χ0n) is 10.9. The van der Waals surface area contributed by atoms with Crippen LogP contribution in [0.1, 0.15) is 23.8 Å². The van der Waals surface area contributed by atoms with Gasteiger partial charge in [-0.3, -0.25) is 9.89 Å². The molecular weight excluding hydrogens is 280 g/mol. The highest BCUT2D eigenvalue weighted by atomic mass is 35.5. The Morgan fingerprint density at radius 1 is 1.50 bits per heavy atom. The molecule has 0 spiro atoms. The second-order valence-corrected chi connectivity index (χ2v) is 4.59. The average molecular weight is 295 g/mol. The van der Waals surface area contributed by atoms with Crippen LogP contribution in [0.15, 0.2) is 24.3 Å². The third-order valence-corrected chi connectivity index (χ3v) is 2.73. The predicted molar refractivity (Wildman–Crippen MR) is 78.2 cm³/mol. The van der Waals surface area contributed by atoms with Crippen molar-refractivity contribution in [3.8, 4) is 5.75 Å². The Morgan fingerprint density at radius 2 is 2.30 bits per heavy atom. The summed E-state index contributed by atoms with van der Waals surface area (Å²) in [6, 6.07) is 6.50. The van der Waals surface area contributed by atoms with E-state index >= 15 is 0 Å². The van der Waals surface area contributed by atoms with E-state index in [2.05, 4.69) is 15.5 Å². The number of aromatic amines is 1. The first-order chi connectivity index (χ1) is 9.60. The van der Waals surface area contributed by atoms with Gasteiger partial charge in [0, 0.05) is 11.1 Å². The van der Waals surface area contributed by atoms with Gasteiger partial charge in [-0.15, -0.1) is 0 Å². The van der Waals surface area contributed by atoms with Gasteiger partial charge in [-0.25, -0.2) is 0 Å². The Bertz CT molecular complexity index is 612. The van der Waals surface area contributed by atoms with Crippen LogP contribution in [0.25, 0.3) is 0 Å². The summed E-state index contributed by atoms with van der Waals surface area (Å²) in [5.74, 6) is 0.457. The van der Waals surface area contributed by atoms with Gasteiger partial charge >= 0.3 is 0 Å². The summed E-state index contributed by atoms with van der Waals surface area (Å²) in [6.45, 7) is 2.56. The number of nitrogens with one attached hydrogen (secondary N) is 2. The summed E-state index contributed by atoms with van der Waals surface area (Å²) in [4.78, 5) is 12.0. The van der Waals surface area contributed by atoms with Crippen molar-refractivity contribution in [2.75, 3.05) is 17.7 Å². The van der Waals surface area contributed by atoms with Crippen LogP contribution in [-0.4, -0.2) is 22.7 Å². The van der Waals surface area contributed by atoms with E-state index in [0.717, 1.165) is 6.42 Å². The van der Waals surface area contributed by atoms with Gasteiger partial charge in [-0.1, -0.05) is 18.5 Å². The smallest absolute Gasteiger partial charge is 0.273 e. The van der Waals surface area contributed by atoms with Crippen molar-refractivity contribution in [2.45, 2.75) is 13.3 Å². The lowest BCUT2D eigenvalue weighted by Gasteiger charge is -2.12. The lowest BCUT2D eigenvalue weighted by Crippen LogP contribution is -2.13. The summed E-state index contributed by atoms with van der Waals surface area (Å²) in [5, 5.41) is 9.47. The fourth-order valence-electron chi connectivity index (χ4n) is 1.58. The number of carbonyl (C=O) groups excluding carboxylic acids is 1. The number of benzene rings is 1. The number of rotatable bonds is 5. The number of hydrogen-bond acceptors (Lipinski definition) is 4. The van der Waals surface area contributed by atoms with Gasteiger partial charge in [0.1, 0.15) is 17.3 Å². The van der Waals surface area contributed by atoms with Gasteiger partial charge in [-0.2, -0.15) is 5.10 Å². The van der Waals surface area contributed by atoms with Crippen LogP contribution in [0, 0.1) is 0 Å². The molecule has 0 atom stereocenters. The van der Waals surface area contributed by atoms with E-state index in [-0.39, 0.29) is 17.4 Å². The Morgan fingerprint density at radius 3 is 2.95 bits per heavy atom. The standard InChI is InChI=1S/C13H15ClN4O2/c1-2-5-20-11-4-3-8(14)6-9(11)16-13(19)10-7-12(15)18-17-10/h3-4,6-7H,2,5H2,1H3,(H,16,19)(H3,15,17,18). The molecule has 0 aliphatic heterocycles. The van der Waals surface area contributed by atoms with Gasteiger partial charge in [-0.05, 0) is 24.6 Å². The maximum Gasteiger partial charge on any atom is 0.273 e. The first kappa shape index (κ1) is 14.2. The van der Waals surface area contributed by atoms with E-state index in [4.69, 9.17) is 22.1 Å². The number of amides is 1. The van der Waals surface area contributed by atoms with Crippen LogP contribution < -0.4 is 15.8 Å². The largest absolute Gasteiger partial charge is 0.491 e. The minimum atomic E-state index is -0.363. The molecule has 0 aliphatic rings. The summed E-state index contributed by atoms with van der Waals surface area (Å²) < 4.78 is 5.56. The summed E-state index contributed by atoms with van der Waals surface area (Å²) in [5.41, 5.74) is 6.23. The third kappa shape index (κ3) is 3.42. The Labute approximate surface area is 121 Å². The van der Waals surface area contributed by atoms with Crippen LogP contribution in [0.3, 0.4) is 0 Å². The number of nitrogen functional groups attached to an aromatic ring is 1. The van der Waals surface area contributed by atoms with Crippen molar-refractivity contribution >= 4 is 29.0 Å². The van der Waals surface area contributed by atoms with Crippen LogP contribution in [0.5, 0.6) is 5.75 Å².